The molecule has 2 amide bonds. The fourth-order valence-corrected chi connectivity index (χ4v) is 5.34. The predicted molar refractivity (Wildman–Crippen MR) is 122 cm³/mol. The highest BCUT2D eigenvalue weighted by Gasteiger charge is 2.39. The molecule has 2 aliphatic rings. The van der Waals surface area contributed by atoms with E-state index in [9.17, 15) is 9.59 Å². The first-order chi connectivity index (χ1) is 14.3. The van der Waals surface area contributed by atoms with Gasteiger partial charge >= 0.3 is 0 Å². The molecule has 1 saturated carbocycles. The molecule has 5 heteroatoms. The van der Waals surface area contributed by atoms with Crippen LogP contribution in [0.3, 0.4) is 0 Å². The lowest BCUT2D eigenvalue weighted by Gasteiger charge is -2.42. The van der Waals surface area contributed by atoms with Crippen molar-refractivity contribution in [1.82, 2.24) is 9.80 Å². The van der Waals surface area contributed by atoms with Gasteiger partial charge in [-0.05, 0) is 69.5 Å². The maximum absolute atomic E-state index is 13.6. The van der Waals surface area contributed by atoms with Crippen LogP contribution in [0.25, 0.3) is 0 Å². The van der Waals surface area contributed by atoms with Crippen molar-refractivity contribution in [3.05, 3.63) is 57.3 Å². The molecular weight excluding hydrogens is 392 g/mol. The number of carbonyl (C=O) groups is 2. The fraction of sp³-hybridized carbons (Fsp3) is 0.520. The SMILES string of the molecule is Cc1ccc(C2c3ccsc3CCN2C(=O)CN(C(=O)C2CCC2)C(C)(C)C)cc1. The van der Waals surface area contributed by atoms with Crippen molar-refractivity contribution in [1.29, 1.82) is 0 Å². The summed E-state index contributed by atoms with van der Waals surface area (Å²) in [5.41, 5.74) is 3.21. The molecule has 1 aromatic carbocycles. The summed E-state index contributed by atoms with van der Waals surface area (Å²) in [5.74, 6) is 0.275. The van der Waals surface area contributed by atoms with Crippen molar-refractivity contribution < 1.29 is 9.59 Å². The van der Waals surface area contributed by atoms with Gasteiger partial charge in [0.1, 0.15) is 6.54 Å². The van der Waals surface area contributed by atoms with Gasteiger partial charge in [-0.1, -0.05) is 36.2 Å². The Morgan fingerprint density at radius 2 is 1.83 bits per heavy atom. The zero-order chi connectivity index (χ0) is 21.5. The summed E-state index contributed by atoms with van der Waals surface area (Å²) >= 11 is 1.78. The fourth-order valence-electron chi connectivity index (χ4n) is 4.44. The van der Waals surface area contributed by atoms with Gasteiger partial charge in [0.2, 0.25) is 11.8 Å². The molecule has 160 valence electrons. The second kappa shape index (κ2) is 8.18. The van der Waals surface area contributed by atoms with Crippen molar-refractivity contribution in [3.63, 3.8) is 0 Å². The van der Waals surface area contributed by atoms with Crippen molar-refractivity contribution in [3.8, 4) is 0 Å². The van der Waals surface area contributed by atoms with E-state index in [1.165, 1.54) is 16.0 Å². The number of hydrogen-bond donors (Lipinski definition) is 0. The highest BCUT2D eigenvalue weighted by Crippen LogP contribution is 2.38. The molecule has 1 unspecified atom stereocenters. The largest absolute Gasteiger partial charge is 0.330 e. The van der Waals surface area contributed by atoms with Crippen molar-refractivity contribution in [2.75, 3.05) is 13.1 Å². The average Bonchev–Trinajstić information content (AvgIpc) is 3.12. The maximum atomic E-state index is 13.6. The molecule has 4 nitrogen and oxygen atoms in total. The standard InChI is InChI=1S/C25H32N2O2S/c1-17-8-10-18(11-9-17)23-20-13-15-30-21(20)12-14-26(23)22(28)16-27(25(2,3)4)24(29)19-6-5-7-19/h8-11,13,15,19,23H,5-7,12,14,16H2,1-4H3. The van der Waals surface area contributed by atoms with E-state index in [0.29, 0.717) is 6.54 Å². The van der Waals surface area contributed by atoms with Gasteiger partial charge in [-0.25, -0.2) is 0 Å². The van der Waals surface area contributed by atoms with Crippen LogP contribution in [0.2, 0.25) is 0 Å². The molecule has 1 aliphatic carbocycles. The van der Waals surface area contributed by atoms with Gasteiger partial charge in [0.15, 0.2) is 0 Å². The molecule has 0 N–H and O–H groups in total. The van der Waals surface area contributed by atoms with Crippen LogP contribution in [-0.4, -0.2) is 40.2 Å². The van der Waals surface area contributed by atoms with Crippen molar-refractivity contribution >= 4 is 23.2 Å². The molecule has 1 fully saturated rings. The number of aryl methyl sites for hydroxylation is 1. The Morgan fingerprint density at radius 1 is 1.13 bits per heavy atom. The highest BCUT2D eigenvalue weighted by molar-refractivity contribution is 7.10. The summed E-state index contributed by atoms with van der Waals surface area (Å²) in [6, 6.07) is 10.6. The number of rotatable bonds is 4. The van der Waals surface area contributed by atoms with E-state index in [2.05, 4.69) is 42.6 Å². The Morgan fingerprint density at radius 3 is 2.43 bits per heavy atom. The number of benzene rings is 1. The zero-order valence-electron chi connectivity index (χ0n) is 18.5. The topological polar surface area (TPSA) is 40.6 Å². The number of fused-ring (bicyclic) bond motifs is 1. The third-order valence-electron chi connectivity index (χ3n) is 6.50. The molecule has 2 heterocycles. The summed E-state index contributed by atoms with van der Waals surface area (Å²) in [6.45, 7) is 9.02. The van der Waals surface area contributed by atoms with E-state index in [1.54, 1.807) is 11.3 Å². The Bertz CT molecular complexity index is 921. The van der Waals surface area contributed by atoms with E-state index in [1.807, 2.05) is 30.6 Å². The highest BCUT2D eigenvalue weighted by atomic mass is 32.1. The number of hydrogen-bond acceptors (Lipinski definition) is 3. The normalized spacial score (nSPS) is 19.2. The van der Waals surface area contributed by atoms with E-state index in [-0.39, 0.29) is 35.9 Å². The van der Waals surface area contributed by atoms with Crippen LogP contribution in [0.5, 0.6) is 0 Å². The molecule has 0 saturated heterocycles. The van der Waals surface area contributed by atoms with Gasteiger partial charge in [0.25, 0.3) is 0 Å². The third-order valence-corrected chi connectivity index (χ3v) is 7.50. The van der Waals surface area contributed by atoms with Gasteiger partial charge in [-0.3, -0.25) is 9.59 Å². The van der Waals surface area contributed by atoms with Crippen LogP contribution in [0.15, 0.2) is 35.7 Å². The first-order valence-corrected chi connectivity index (χ1v) is 11.9. The summed E-state index contributed by atoms with van der Waals surface area (Å²) in [5, 5.41) is 2.13. The minimum atomic E-state index is -0.370. The van der Waals surface area contributed by atoms with E-state index >= 15 is 0 Å². The van der Waals surface area contributed by atoms with Crippen LogP contribution in [0.1, 0.15) is 67.6 Å². The van der Waals surface area contributed by atoms with Gasteiger partial charge in [-0.2, -0.15) is 0 Å². The first kappa shape index (κ1) is 21.1. The second-order valence-electron chi connectivity index (χ2n) is 9.67. The molecule has 0 bridgehead atoms. The molecule has 4 rings (SSSR count). The van der Waals surface area contributed by atoms with Crippen LogP contribution < -0.4 is 0 Å². The monoisotopic (exact) mass is 424 g/mol. The maximum Gasteiger partial charge on any atom is 0.243 e. The molecule has 0 spiro atoms. The summed E-state index contributed by atoms with van der Waals surface area (Å²) < 4.78 is 0. The van der Waals surface area contributed by atoms with Crippen molar-refractivity contribution in [2.24, 2.45) is 5.92 Å². The quantitative estimate of drug-likeness (QED) is 0.696. The lowest BCUT2D eigenvalue weighted by molar-refractivity contribution is -0.150. The van der Waals surface area contributed by atoms with Crippen LogP contribution in [0, 0.1) is 12.8 Å². The Labute approximate surface area is 183 Å². The second-order valence-corrected chi connectivity index (χ2v) is 10.7. The first-order valence-electron chi connectivity index (χ1n) is 11.0. The predicted octanol–water partition coefficient (Wildman–Crippen LogP) is 4.96. The minimum absolute atomic E-state index is 0.0417. The Kier molecular flexibility index (Phi) is 5.75. The molecular formula is C25H32N2O2S. The smallest absolute Gasteiger partial charge is 0.243 e. The van der Waals surface area contributed by atoms with E-state index in [4.69, 9.17) is 0 Å². The molecule has 1 aliphatic heterocycles. The van der Waals surface area contributed by atoms with Crippen LogP contribution >= 0.6 is 11.3 Å². The summed E-state index contributed by atoms with van der Waals surface area (Å²) in [4.78, 5) is 31.9. The van der Waals surface area contributed by atoms with Crippen LogP contribution in [-0.2, 0) is 16.0 Å². The van der Waals surface area contributed by atoms with Gasteiger partial charge < -0.3 is 9.80 Å². The Hall–Kier alpha value is -2.14. The lowest BCUT2D eigenvalue weighted by atomic mass is 9.83. The van der Waals surface area contributed by atoms with E-state index < -0.39 is 0 Å². The van der Waals surface area contributed by atoms with Crippen LogP contribution in [0.4, 0.5) is 0 Å². The molecule has 0 radical (unpaired) electrons. The summed E-state index contributed by atoms with van der Waals surface area (Å²) in [7, 11) is 0. The Balaban J connectivity index is 1.62. The lowest BCUT2D eigenvalue weighted by Crippen LogP contribution is -2.54. The minimum Gasteiger partial charge on any atom is -0.330 e. The number of amides is 2. The van der Waals surface area contributed by atoms with E-state index in [0.717, 1.165) is 31.2 Å². The number of carbonyl (C=O) groups excluding carboxylic acids is 2. The molecule has 30 heavy (non-hydrogen) atoms. The zero-order valence-corrected chi connectivity index (χ0v) is 19.3. The van der Waals surface area contributed by atoms with Gasteiger partial charge in [-0.15, -0.1) is 11.3 Å². The molecule has 1 atom stereocenters. The molecule has 2 aromatic rings. The summed E-state index contributed by atoms with van der Waals surface area (Å²) in [6.07, 6.45) is 3.90. The molecule has 1 aromatic heterocycles. The van der Waals surface area contributed by atoms with Crippen molar-refractivity contribution in [2.45, 2.75) is 65.0 Å². The van der Waals surface area contributed by atoms with Gasteiger partial charge in [0.05, 0.1) is 6.04 Å². The number of nitrogens with zero attached hydrogens (tertiary/aromatic N) is 2. The number of thiophene rings is 1. The third kappa shape index (κ3) is 4.04. The van der Waals surface area contributed by atoms with Gasteiger partial charge in [0, 0.05) is 22.9 Å². The average molecular weight is 425 g/mol.